The number of nitrogens with zero attached hydrogens (tertiary/aromatic N) is 1. The van der Waals surface area contributed by atoms with Crippen molar-refractivity contribution in [3.8, 4) is 0 Å². The monoisotopic (exact) mass is 321 g/mol. The average Bonchev–Trinajstić information content (AvgIpc) is 3.09. The summed E-state index contributed by atoms with van der Waals surface area (Å²) in [6.45, 7) is 2.60. The third kappa shape index (κ3) is 5.04. The van der Waals surface area contributed by atoms with Crippen molar-refractivity contribution < 1.29 is 9.53 Å². The third-order valence-electron chi connectivity index (χ3n) is 3.04. The van der Waals surface area contributed by atoms with Crippen molar-refractivity contribution in [1.82, 2.24) is 4.90 Å². The van der Waals surface area contributed by atoms with Crippen LogP contribution in [0.15, 0.2) is 6.07 Å². The van der Waals surface area contributed by atoms with Crippen LogP contribution >= 0.6 is 34.5 Å². The van der Waals surface area contributed by atoms with Gasteiger partial charge < -0.3 is 4.74 Å². The zero-order chi connectivity index (χ0) is 13.8. The van der Waals surface area contributed by atoms with E-state index in [4.69, 9.17) is 27.9 Å². The molecule has 0 spiro atoms. The SMILES string of the molecule is CN(CCOCC1CC1)CC(=O)c1cc(Cl)sc1Cl. The van der Waals surface area contributed by atoms with E-state index in [9.17, 15) is 4.79 Å². The van der Waals surface area contributed by atoms with Crippen molar-refractivity contribution >= 4 is 40.3 Å². The van der Waals surface area contributed by atoms with Gasteiger partial charge in [0.05, 0.1) is 23.1 Å². The van der Waals surface area contributed by atoms with Crippen molar-refractivity contribution in [3.05, 3.63) is 20.3 Å². The molecule has 0 saturated heterocycles. The highest BCUT2D eigenvalue weighted by molar-refractivity contribution is 7.20. The van der Waals surface area contributed by atoms with Crippen LogP contribution in [-0.4, -0.2) is 44.0 Å². The predicted octanol–water partition coefficient (Wildman–Crippen LogP) is 3.60. The molecule has 1 fully saturated rings. The highest BCUT2D eigenvalue weighted by Crippen LogP contribution is 2.31. The van der Waals surface area contributed by atoms with Crippen LogP contribution in [-0.2, 0) is 4.74 Å². The van der Waals surface area contributed by atoms with Gasteiger partial charge in [-0.2, -0.15) is 0 Å². The molecule has 3 nitrogen and oxygen atoms in total. The molecule has 1 aromatic heterocycles. The summed E-state index contributed by atoms with van der Waals surface area (Å²) in [5, 5.41) is 0. The van der Waals surface area contributed by atoms with Gasteiger partial charge in [0.15, 0.2) is 5.78 Å². The zero-order valence-corrected chi connectivity index (χ0v) is 13.2. The lowest BCUT2D eigenvalue weighted by Gasteiger charge is -2.15. The highest BCUT2D eigenvalue weighted by Gasteiger charge is 2.21. The lowest BCUT2D eigenvalue weighted by atomic mass is 10.2. The molecule has 0 aromatic carbocycles. The van der Waals surface area contributed by atoms with E-state index in [-0.39, 0.29) is 5.78 Å². The van der Waals surface area contributed by atoms with E-state index in [1.807, 2.05) is 11.9 Å². The van der Waals surface area contributed by atoms with Crippen LogP contribution in [0.3, 0.4) is 0 Å². The van der Waals surface area contributed by atoms with Crippen molar-refractivity contribution in [2.24, 2.45) is 5.92 Å². The Balaban J connectivity index is 1.69. The van der Waals surface area contributed by atoms with Gasteiger partial charge in [-0.15, -0.1) is 11.3 Å². The quantitative estimate of drug-likeness (QED) is 0.541. The standard InChI is InChI=1S/C13H17Cl2NO2S/c1-16(4-5-18-8-9-2-3-9)7-11(17)10-6-12(14)19-13(10)15/h6,9H,2-5,7-8H2,1H3. The summed E-state index contributed by atoms with van der Waals surface area (Å²) in [7, 11) is 1.90. The topological polar surface area (TPSA) is 29.5 Å². The van der Waals surface area contributed by atoms with E-state index >= 15 is 0 Å². The Kier molecular flexibility index (Phi) is 5.66. The molecule has 1 aromatic rings. The number of carbonyl (C=O) groups excluding carboxylic acids is 1. The lowest BCUT2D eigenvalue weighted by molar-refractivity contribution is 0.0861. The van der Waals surface area contributed by atoms with Crippen LogP contribution in [0.5, 0.6) is 0 Å². The lowest BCUT2D eigenvalue weighted by Crippen LogP contribution is -2.29. The van der Waals surface area contributed by atoms with E-state index in [1.165, 1.54) is 24.2 Å². The minimum Gasteiger partial charge on any atom is -0.380 e. The largest absolute Gasteiger partial charge is 0.380 e. The summed E-state index contributed by atoms with van der Waals surface area (Å²) < 4.78 is 6.56. The second-order valence-corrected chi connectivity index (χ2v) is 7.20. The number of thiophene rings is 1. The molecule has 0 radical (unpaired) electrons. The van der Waals surface area contributed by atoms with Gasteiger partial charge in [-0.25, -0.2) is 0 Å². The normalized spacial score (nSPS) is 15.2. The molecule has 19 heavy (non-hydrogen) atoms. The summed E-state index contributed by atoms with van der Waals surface area (Å²) in [4.78, 5) is 14.0. The van der Waals surface area contributed by atoms with Gasteiger partial charge in [0, 0.05) is 13.2 Å². The van der Waals surface area contributed by atoms with Gasteiger partial charge in [-0.05, 0) is 31.9 Å². The second kappa shape index (κ2) is 7.04. The molecule has 106 valence electrons. The Morgan fingerprint density at radius 3 is 2.84 bits per heavy atom. The molecule has 0 N–H and O–H groups in total. The molecule has 0 atom stereocenters. The van der Waals surface area contributed by atoms with Crippen molar-refractivity contribution in [2.75, 3.05) is 33.4 Å². The van der Waals surface area contributed by atoms with Crippen LogP contribution in [0, 0.1) is 5.92 Å². The van der Waals surface area contributed by atoms with E-state index in [0.717, 1.165) is 19.1 Å². The van der Waals surface area contributed by atoms with Crippen molar-refractivity contribution in [2.45, 2.75) is 12.8 Å². The Morgan fingerprint density at radius 2 is 2.26 bits per heavy atom. The maximum Gasteiger partial charge on any atom is 0.179 e. The van der Waals surface area contributed by atoms with Crippen molar-refractivity contribution in [3.63, 3.8) is 0 Å². The van der Waals surface area contributed by atoms with Crippen LogP contribution < -0.4 is 0 Å². The first kappa shape index (κ1) is 15.3. The van der Waals surface area contributed by atoms with Crippen molar-refractivity contribution in [1.29, 1.82) is 0 Å². The predicted molar refractivity (Wildman–Crippen MR) is 79.7 cm³/mol. The van der Waals surface area contributed by atoms with Gasteiger partial charge in [-0.3, -0.25) is 9.69 Å². The first-order valence-corrected chi connectivity index (χ1v) is 7.88. The summed E-state index contributed by atoms with van der Waals surface area (Å²) in [5.74, 6) is 0.775. The molecule has 0 aliphatic heterocycles. The fourth-order valence-electron chi connectivity index (χ4n) is 1.69. The molecule has 0 amide bonds. The number of ether oxygens (including phenoxy) is 1. The van der Waals surface area contributed by atoms with Crippen LogP contribution in [0.25, 0.3) is 0 Å². The number of halogens is 2. The number of rotatable bonds is 8. The number of ketones is 1. The summed E-state index contributed by atoms with van der Waals surface area (Å²) in [6, 6.07) is 1.63. The number of Topliss-reactive ketones (excluding diaryl/α,β-unsaturated/α-hetero) is 1. The van der Waals surface area contributed by atoms with Gasteiger partial charge in [0.25, 0.3) is 0 Å². The third-order valence-corrected chi connectivity index (χ3v) is 4.53. The fourth-order valence-corrected chi connectivity index (χ4v) is 3.19. The molecule has 1 heterocycles. The number of likely N-dealkylation sites (N-methyl/N-ethyl adjacent to an activating group) is 1. The van der Waals surface area contributed by atoms with E-state index in [2.05, 4.69) is 0 Å². The Morgan fingerprint density at radius 1 is 1.53 bits per heavy atom. The number of carbonyl (C=O) groups is 1. The fraction of sp³-hybridized carbons (Fsp3) is 0.615. The van der Waals surface area contributed by atoms with Gasteiger partial charge in [0.2, 0.25) is 0 Å². The minimum absolute atomic E-state index is 0.00200. The first-order valence-electron chi connectivity index (χ1n) is 6.30. The molecule has 6 heteroatoms. The molecule has 1 aliphatic carbocycles. The zero-order valence-electron chi connectivity index (χ0n) is 10.8. The minimum atomic E-state index is -0.00200. The molecule has 1 saturated carbocycles. The Labute approximate surface area is 127 Å². The molecule has 1 aliphatic rings. The van der Waals surface area contributed by atoms with Gasteiger partial charge in [-0.1, -0.05) is 23.2 Å². The highest BCUT2D eigenvalue weighted by atomic mass is 35.5. The Hall–Kier alpha value is -0.130. The first-order chi connectivity index (χ1) is 9.06. The smallest absolute Gasteiger partial charge is 0.179 e. The van der Waals surface area contributed by atoms with E-state index in [1.54, 1.807) is 6.07 Å². The summed E-state index contributed by atoms with van der Waals surface area (Å²) in [5.41, 5.74) is 0.516. The van der Waals surface area contributed by atoms with Gasteiger partial charge in [0.1, 0.15) is 4.34 Å². The molecular formula is C13H17Cl2NO2S. The maximum atomic E-state index is 12.0. The number of hydrogen-bond donors (Lipinski definition) is 0. The average molecular weight is 322 g/mol. The van der Waals surface area contributed by atoms with Gasteiger partial charge >= 0.3 is 0 Å². The summed E-state index contributed by atoms with van der Waals surface area (Å²) >= 11 is 13.0. The molecule has 0 bridgehead atoms. The molecule has 0 unspecified atom stereocenters. The van der Waals surface area contributed by atoms with Crippen LogP contribution in [0.4, 0.5) is 0 Å². The molecular weight excluding hydrogens is 305 g/mol. The summed E-state index contributed by atoms with van der Waals surface area (Å²) in [6.07, 6.45) is 2.59. The maximum absolute atomic E-state index is 12.0. The van der Waals surface area contributed by atoms with Crippen LogP contribution in [0.1, 0.15) is 23.2 Å². The Bertz CT molecular complexity index is 446. The van der Waals surface area contributed by atoms with Crippen LogP contribution in [0.2, 0.25) is 8.67 Å². The number of hydrogen-bond acceptors (Lipinski definition) is 4. The van der Waals surface area contributed by atoms with E-state index in [0.29, 0.717) is 27.4 Å². The molecule has 2 rings (SSSR count). The van der Waals surface area contributed by atoms with E-state index < -0.39 is 0 Å². The second-order valence-electron chi connectivity index (χ2n) is 4.92.